The quantitative estimate of drug-likeness (QED) is 0.577. The Morgan fingerprint density at radius 1 is 1.50 bits per heavy atom. The van der Waals surface area contributed by atoms with Gasteiger partial charge in [0.05, 0.1) is 0 Å². The van der Waals surface area contributed by atoms with E-state index in [1.165, 1.54) is 19.3 Å². The highest BCUT2D eigenvalue weighted by Crippen LogP contribution is 2.20. The summed E-state index contributed by atoms with van der Waals surface area (Å²) in [7, 11) is 2.04. The molecule has 0 radical (unpaired) electrons. The molecule has 1 aliphatic carbocycles. The largest absolute Gasteiger partial charge is 0.317 e. The van der Waals surface area contributed by atoms with Crippen molar-refractivity contribution in [3.05, 3.63) is 12.2 Å². The van der Waals surface area contributed by atoms with Crippen LogP contribution in [0.15, 0.2) is 12.2 Å². The summed E-state index contributed by atoms with van der Waals surface area (Å²) >= 11 is 0. The molecule has 2 atom stereocenters. The zero-order valence-corrected chi connectivity index (χ0v) is 6.93. The van der Waals surface area contributed by atoms with Crippen molar-refractivity contribution in [3.63, 3.8) is 0 Å². The van der Waals surface area contributed by atoms with Crippen molar-refractivity contribution >= 4 is 0 Å². The van der Waals surface area contributed by atoms with Gasteiger partial charge in [0.2, 0.25) is 0 Å². The molecule has 0 aromatic rings. The van der Waals surface area contributed by atoms with E-state index in [1.807, 2.05) is 7.05 Å². The Morgan fingerprint density at radius 2 is 2.30 bits per heavy atom. The van der Waals surface area contributed by atoms with E-state index in [0.717, 1.165) is 5.92 Å². The van der Waals surface area contributed by atoms with Crippen LogP contribution in [0.4, 0.5) is 0 Å². The van der Waals surface area contributed by atoms with Gasteiger partial charge in [0, 0.05) is 6.04 Å². The maximum atomic E-state index is 3.30. The lowest BCUT2D eigenvalue weighted by Crippen LogP contribution is -2.30. The molecule has 10 heavy (non-hydrogen) atoms. The van der Waals surface area contributed by atoms with E-state index < -0.39 is 0 Å². The third kappa shape index (κ3) is 1.84. The van der Waals surface area contributed by atoms with Gasteiger partial charge in [0.15, 0.2) is 0 Å². The maximum Gasteiger partial charge on any atom is 0.00670 e. The minimum absolute atomic E-state index is 0.685. The summed E-state index contributed by atoms with van der Waals surface area (Å²) in [4.78, 5) is 0. The minimum Gasteiger partial charge on any atom is -0.317 e. The molecule has 0 bridgehead atoms. The van der Waals surface area contributed by atoms with Crippen molar-refractivity contribution in [3.8, 4) is 0 Å². The minimum atomic E-state index is 0.685. The Bertz CT molecular complexity index is 118. The number of rotatable bonds is 2. The number of hydrogen-bond donors (Lipinski definition) is 1. The van der Waals surface area contributed by atoms with Gasteiger partial charge >= 0.3 is 0 Å². The maximum absolute atomic E-state index is 3.30. The van der Waals surface area contributed by atoms with Crippen LogP contribution in [-0.4, -0.2) is 13.1 Å². The van der Waals surface area contributed by atoms with E-state index in [9.17, 15) is 0 Å². The van der Waals surface area contributed by atoms with Gasteiger partial charge in [0.1, 0.15) is 0 Å². The second-order valence-electron chi connectivity index (χ2n) is 3.12. The topological polar surface area (TPSA) is 12.0 Å². The normalized spacial score (nSPS) is 28.4. The standard InChI is InChI=1S/C9H17N/c1-8(10-2)9-6-4-3-5-7-9/h3-4,8-10H,5-7H2,1-2H3. The molecule has 0 aliphatic heterocycles. The first-order valence-corrected chi connectivity index (χ1v) is 4.17. The molecule has 0 heterocycles. The molecular weight excluding hydrogens is 122 g/mol. The average molecular weight is 139 g/mol. The van der Waals surface area contributed by atoms with Crippen LogP contribution in [0.1, 0.15) is 26.2 Å². The number of allylic oxidation sites excluding steroid dienone is 2. The Hall–Kier alpha value is -0.300. The summed E-state index contributed by atoms with van der Waals surface area (Å²) in [6.07, 6.45) is 8.50. The van der Waals surface area contributed by atoms with Crippen molar-refractivity contribution < 1.29 is 0 Å². The van der Waals surface area contributed by atoms with Gasteiger partial charge in [-0.1, -0.05) is 12.2 Å². The smallest absolute Gasteiger partial charge is 0.00670 e. The van der Waals surface area contributed by atoms with Gasteiger partial charge < -0.3 is 5.32 Å². The lowest BCUT2D eigenvalue weighted by atomic mass is 9.89. The summed E-state index contributed by atoms with van der Waals surface area (Å²) in [6, 6.07) is 0.685. The van der Waals surface area contributed by atoms with E-state index in [-0.39, 0.29) is 0 Å². The Morgan fingerprint density at radius 3 is 2.80 bits per heavy atom. The summed E-state index contributed by atoms with van der Waals surface area (Å²) in [5.74, 6) is 0.870. The Balaban J connectivity index is 2.33. The van der Waals surface area contributed by atoms with E-state index in [1.54, 1.807) is 0 Å². The molecule has 1 nitrogen and oxygen atoms in total. The predicted molar refractivity (Wildman–Crippen MR) is 45.0 cm³/mol. The molecular formula is C9H17N. The van der Waals surface area contributed by atoms with Crippen LogP contribution in [0.2, 0.25) is 0 Å². The zero-order chi connectivity index (χ0) is 7.40. The molecule has 0 aromatic carbocycles. The first-order chi connectivity index (χ1) is 4.84. The zero-order valence-electron chi connectivity index (χ0n) is 6.93. The monoisotopic (exact) mass is 139 g/mol. The van der Waals surface area contributed by atoms with E-state index in [2.05, 4.69) is 24.4 Å². The first-order valence-electron chi connectivity index (χ1n) is 4.17. The van der Waals surface area contributed by atoms with Gasteiger partial charge in [-0.05, 0) is 39.2 Å². The molecule has 0 spiro atoms. The van der Waals surface area contributed by atoms with Gasteiger partial charge in [-0.3, -0.25) is 0 Å². The van der Waals surface area contributed by atoms with Gasteiger partial charge in [-0.2, -0.15) is 0 Å². The molecule has 1 rings (SSSR count). The van der Waals surface area contributed by atoms with Crippen LogP contribution >= 0.6 is 0 Å². The predicted octanol–water partition coefficient (Wildman–Crippen LogP) is 1.95. The van der Waals surface area contributed by atoms with Crippen LogP contribution in [-0.2, 0) is 0 Å². The fourth-order valence-electron chi connectivity index (χ4n) is 1.51. The molecule has 0 saturated heterocycles. The lowest BCUT2D eigenvalue weighted by Gasteiger charge is -2.24. The molecule has 0 fully saturated rings. The number of nitrogens with one attached hydrogen (secondary N) is 1. The second-order valence-corrected chi connectivity index (χ2v) is 3.12. The van der Waals surface area contributed by atoms with Crippen molar-refractivity contribution in [2.75, 3.05) is 7.05 Å². The van der Waals surface area contributed by atoms with Gasteiger partial charge in [-0.25, -0.2) is 0 Å². The molecule has 0 saturated carbocycles. The summed E-state index contributed by atoms with van der Waals surface area (Å²) in [5, 5.41) is 3.30. The summed E-state index contributed by atoms with van der Waals surface area (Å²) < 4.78 is 0. The van der Waals surface area contributed by atoms with Crippen molar-refractivity contribution in [1.29, 1.82) is 0 Å². The van der Waals surface area contributed by atoms with Crippen LogP contribution in [0.25, 0.3) is 0 Å². The van der Waals surface area contributed by atoms with Gasteiger partial charge in [-0.15, -0.1) is 0 Å². The fraction of sp³-hybridized carbons (Fsp3) is 0.778. The van der Waals surface area contributed by atoms with Crippen molar-refractivity contribution in [2.45, 2.75) is 32.2 Å². The Labute approximate surface area is 63.5 Å². The van der Waals surface area contributed by atoms with Crippen LogP contribution in [0, 0.1) is 5.92 Å². The third-order valence-electron chi connectivity index (χ3n) is 2.47. The van der Waals surface area contributed by atoms with E-state index >= 15 is 0 Å². The summed E-state index contributed by atoms with van der Waals surface area (Å²) in [6.45, 7) is 2.27. The molecule has 2 unspecified atom stereocenters. The highest BCUT2D eigenvalue weighted by molar-refractivity contribution is 4.92. The highest BCUT2D eigenvalue weighted by Gasteiger charge is 2.14. The molecule has 0 amide bonds. The molecule has 58 valence electrons. The SMILES string of the molecule is CNC(C)C1CC=CCC1. The van der Waals surface area contributed by atoms with Gasteiger partial charge in [0.25, 0.3) is 0 Å². The van der Waals surface area contributed by atoms with E-state index in [4.69, 9.17) is 0 Å². The fourth-order valence-corrected chi connectivity index (χ4v) is 1.51. The highest BCUT2D eigenvalue weighted by atomic mass is 14.9. The second kappa shape index (κ2) is 3.77. The van der Waals surface area contributed by atoms with Crippen molar-refractivity contribution in [2.24, 2.45) is 5.92 Å². The molecule has 1 heteroatoms. The van der Waals surface area contributed by atoms with Crippen LogP contribution in [0.3, 0.4) is 0 Å². The van der Waals surface area contributed by atoms with E-state index in [0.29, 0.717) is 6.04 Å². The average Bonchev–Trinajstić information content (AvgIpc) is 2.05. The molecule has 1 aliphatic rings. The Kier molecular flexibility index (Phi) is 2.94. The molecule has 0 aromatic heterocycles. The first kappa shape index (κ1) is 7.80. The van der Waals surface area contributed by atoms with Crippen LogP contribution in [0.5, 0.6) is 0 Å². The lowest BCUT2D eigenvalue weighted by molar-refractivity contribution is 0.367. The summed E-state index contributed by atoms with van der Waals surface area (Å²) in [5.41, 5.74) is 0. The number of hydrogen-bond acceptors (Lipinski definition) is 1. The van der Waals surface area contributed by atoms with Crippen LogP contribution < -0.4 is 5.32 Å². The molecule has 1 N–H and O–H groups in total. The third-order valence-corrected chi connectivity index (χ3v) is 2.47. The van der Waals surface area contributed by atoms with Crippen molar-refractivity contribution in [1.82, 2.24) is 5.32 Å².